The van der Waals surface area contributed by atoms with Gasteiger partial charge in [0, 0.05) is 5.92 Å². The smallest absolute Gasteiger partial charge is 0.00542 e. The normalized spacial score (nSPS) is 16.4. The molecule has 17 heavy (non-hydrogen) atoms. The van der Waals surface area contributed by atoms with Crippen LogP contribution in [0.3, 0.4) is 0 Å². The minimum Gasteiger partial charge on any atom is -0.0804 e. The van der Waals surface area contributed by atoms with E-state index >= 15 is 0 Å². The van der Waals surface area contributed by atoms with E-state index < -0.39 is 0 Å². The van der Waals surface area contributed by atoms with Crippen LogP contribution in [0.4, 0.5) is 0 Å². The van der Waals surface area contributed by atoms with Gasteiger partial charge in [-0.2, -0.15) is 0 Å². The van der Waals surface area contributed by atoms with Crippen molar-refractivity contribution < 1.29 is 0 Å². The van der Waals surface area contributed by atoms with Crippen molar-refractivity contribution in [2.75, 3.05) is 0 Å². The standard InChI is InChI=1S/C17H20/c1-2-10-17(16-13-8-5-9-14-16)15-11-6-3-4-7-12-15/h3-9,11,13-14,17H,2,10,12H2,1H3. The van der Waals surface area contributed by atoms with Gasteiger partial charge in [0.2, 0.25) is 0 Å². The summed E-state index contributed by atoms with van der Waals surface area (Å²) in [6.45, 7) is 2.26. The van der Waals surface area contributed by atoms with Gasteiger partial charge in [0.15, 0.2) is 0 Å². The molecule has 0 spiro atoms. The molecule has 1 unspecified atom stereocenters. The first-order chi connectivity index (χ1) is 8.42. The van der Waals surface area contributed by atoms with Gasteiger partial charge < -0.3 is 0 Å². The fourth-order valence-electron chi connectivity index (χ4n) is 2.39. The van der Waals surface area contributed by atoms with Gasteiger partial charge in [0.05, 0.1) is 0 Å². The van der Waals surface area contributed by atoms with Crippen LogP contribution >= 0.6 is 0 Å². The van der Waals surface area contributed by atoms with Crippen molar-refractivity contribution >= 4 is 0 Å². The van der Waals surface area contributed by atoms with Crippen molar-refractivity contribution in [1.82, 2.24) is 0 Å². The van der Waals surface area contributed by atoms with Crippen LogP contribution in [-0.2, 0) is 0 Å². The summed E-state index contributed by atoms with van der Waals surface area (Å²) in [5.74, 6) is 0.577. The van der Waals surface area contributed by atoms with E-state index in [0.29, 0.717) is 5.92 Å². The molecule has 1 aromatic carbocycles. The van der Waals surface area contributed by atoms with Crippen LogP contribution in [0.2, 0.25) is 0 Å². The zero-order valence-corrected chi connectivity index (χ0v) is 10.5. The fraction of sp³-hybridized carbons (Fsp3) is 0.294. The average Bonchev–Trinajstić information content (AvgIpc) is 2.66. The molecule has 0 aliphatic heterocycles. The van der Waals surface area contributed by atoms with Crippen molar-refractivity contribution in [3.8, 4) is 0 Å². The Morgan fingerprint density at radius 1 is 1.06 bits per heavy atom. The van der Waals surface area contributed by atoms with Crippen molar-refractivity contribution in [2.24, 2.45) is 0 Å². The number of hydrogen-bond acceptors (Lipinski definition) is 0. The molecule has 1 aromatic rings. The monoisotopic (exact) mass is 224 g/mol. The summed E-state index contributed by atoms with van der Waals surface area (Å²) in [5, 5.41) is 0. The molecule has 0 aromatic heterocycles. The van der Waals surface area contributed by atoms with E-state index in [4.69, 9.17) is 0 Å². The lowest BCUT2D eigenvalue weighted by atomic mass is 9.85. The maximum atomic E-state index is 2.29. The largest absolute Gasteiger partial charge is 0.0804 e. The molecule has 1 aliphatic rings. The highest BCUT2D eigenvalue weighted by atomic mass is 14.2. The Morgan fingerprint density at radius 3 is 2.65 bits per heavy atom. The van der Waals surface area contributed by atoms with E-state index in [9.17, 15) is 0 Å². The molecular formula is C17H20. The maximum absolute atomic E-state index is 2.29. The lowest BCUT2D eigenvalue weighted by Gasteiger charge is -2.19. The zero-order chi connectivity index (χ0) is 11.9. The van der Waals surface area contributed by atoms with Gasteiger partial charge in [-0.05, 0) is 18.4 Å². The Kier molecular flexibility index (Phi) is 4.37. The molecule has 0 heteroatoms. The SMILES string of the molecule is CCCC(C1=CC=CC=CC1)c1ccccc1. The van der Waals surface area contributed by atoms with Crippen LogP contribution in [-0.4, -0.2) is 0 Å². The summed E-state index contributed by atoms with van der Waals surface area (Å²) in [5.41, 5.74) is 2.98. The van der Waals surface area contributed by atoms with Gasteiger partial charge in [-0.15, -0.1) is 0 Å². The van der Waals surface area contributed by atoms with Crippen molar-refractivity contribution in [3.05, 3.63) is 71.8 Å². The fourth-order valence-corrected chi connectivity index (χ4v) is 2.39. The van der Waals surface area contributed by atoms with E-state index in [1.54, 1.807) is 0 Å². The van der Waals surface area contributed by atoms with Crippen LogP contribution in [0.15, 0.2) is 66.3 Å². The third-order valence-corrected chi connectivity index (χ3v) is 3.25. The third kappa shape index (κ3) is 3.20. The number of benzene rings is 1. The predicted octanol–water partition coefficient (Wildman–Crippen LogP) is 5.01. The van der Waals surface area contributed by atoms with Gasteiger partial charge in [-0.25, -0.2) is 0 Å². The first kappa shape index (κ1) is 11.9. The summed E-state index contributed by atoms with van der Waals surface area (Å²) < 4.78 is 0. The highest BCUT2D eigenvalue weighted by Crippen LogP contribution is 2.32. The Labute approximate surface area is 104 Å². The van der Waals surface area contributed by atoms with E-state index in [2.05, 4.69) is 67.6 Å². The van der Waals surface area contributed by atoms with Crippen LogP contribution in [0.25, 0.3) is 0 Å². The maximum Gasteiger partial charge on any atom is 0.00542 e. The van der Waals surface area contributed by atoms with E-state index in [1.807, 2.05) is 0 Å². The third-order valence-electron chi connectivity index (χ3n) is 3.25. The molecule has 0 N–H and O–H groups in total. The molecule has 2 rings (SSSR count). The molecular weight excluding hydrogens is 204 g/mol. The first-order valence-electron chi connectivity index (χ1n) is 6.49. The van der Waals surface area contributed by atoms with E-state index in [-0.39, 0.29) is 0 Å². The molecule has 88 valence electrons. The minimum atomic E-state index is 0.577. The Hall–Kier alpha value is -1.56. The molecule has 1 aliphatic carbocycles. The lowest BCUT2D eigenvalue weighted by Crippen LogP contribution is -2.02. The number of allylic oxidation sites excluding steroid dienone is 6. The zero-order valence-electron chi connectivity index (χ0n) is 10.5. The van der Waals surface area contributed by atoms with E-state index in [0.717, 1.165) is 6.42 Å². The average molecular weight is 224 g/mol. The molecule has 0 saturated heterocycles. The molecule has 0 amide bonds. The van der Waals surface area contributed by atoms with E-state index in [1.165, 1.54) is 24.0 Å². The Bertz CT molecular complexity index is 421. The molecule has 0 radical (unpaired) electrons. The summed E-state index contributed by atoms with van der Waals surface area (Å²) >= 11 is 0. The predicted molar refractivity (Wildman–Crippen MR) is 75.1 cm³/mol. The number of rotatable bonds is 4. The summed E-state index contributed by atoms with van der Waals surface area (Å²) in [7, 11) is 0. The van der Waals surface area contributed by atoms with Crippen LogP contribution in [0.5, 0.6) is 0 Å². The summed E-state index contributed by atoms with van der Waals surface area (Å²) in [6, 6.07) is 10.9. The lowest BCUT2D eigenvalue weighted by molar-refractivity contribution is 0.676. The van der Waals surface area contributed by atoms with Gasteiger partial charge in [-0.3, -0.25) is 0 Å². The highest BCUT2D eigenvalue weighted by molar-refractivity contribution is 5.34. The molecule has 0 bridgehead atoms. The van der Waals surface area contributed by atoms with Crippen molar-refractivity contribution in [2.45, 2.75) is 32.1 Å². The molecule has 1 atom stereocenters. The molecule has 0 heterocycles. The van der Waals surface area contributed by atoms with Gasteiger partial charge in [0.1, 0.15) is 0 Å². The highest BCUT2D eigenvalue weighted by Gasteiger charge is 2.14. The molecule has 0 nitrogen and oxygen atoms in total. The Balaban J connectivity index is 2.26. The van der Waals surface area contributed by atoms with Crippen LogP contribution in [0, 0.1) is 0 Å². The van der Waals surface area contributed by atoms with Crippen molar-refractivity contribution in [1.29, 1.82) is 0 Å². The Morgan fingerprint density at radius 2 is 1.88 bits per heavy atom. The number of hydrogen-bond donors (Lipinski definition) is 0. The second-order valence-corrected chi connectivity index (χ2v) is 4.51. The molecule has 0 saturated carbocycles. The second-order valence-electron chi connectivity index (χ2n) is 4.51. The second kappa shape index (κ2) is 6.24. The van der Waals surface area contributed by atoms with Gasteiger partial charge >= 0.3 is 0 Å². The minimum absolute atomic E-state index is 0.577. The molecule has 0 fully saturated rings. The first-order valence-corrected chi connectivity index (χ1v) is 6.49. The van der Waals surface area contributed by atoms with Crippen LogP contribution < -0.4 is 0 Å². The van der Waals surface area contributed by atoms with Gasteiger partial charge in [0.25, 0.3) is 0 Å². The summed E-state index contributed by atoms with van der Waals surface area (Å²) in [6.07, 6.45) is 14.5. The van der Waals surface area contributed by atoms with Crippen molar-refractivity contribution in [3.63, 3.8) is 0 Å². The summed E-state index contributed by atoms with van der Waals surface area (Å²) in [4.78, 5) is 0. The van der Waals surface area contributed by atoms with Crippen LogP contribution in [0.1, 0.15) is 37.7 Å². The topological polar surface area (TPSA) is 0 Å². The quantitative estimate of drug-likeness (QED) is 0.674. The van der Waals surface area contributed by atoms with Gasteiger partial charge in [-0.1, -0.05) is 79.6 Å².